The zero-order valence-electron chi connectivity index (χ0n) is 14.8. The summed E-state index contributed by atoms with van der Waals surface area (Å²) in [5.41, 5.74) is 0.763. The second kappa shape index (κ2) is 7.33. The Morgan fingerprint density at radius 2 is 2.08 bits per heavy atom. The van der Waals surface area contributed by atoms with Crippen molar-refractivity contribution in [1.82, 2.24) is 9.88 Å². The Kier molecular flexibility index (Phi) is 5.08. The van der Waals surface area contributed by atoms with Crippen LogP contribution in [0.15, 0.2) is 28.9 Å². The number of halogens is 1. The third-order valence-corrected chi connectivity index (χ3v) is 6.24. The van der Waals surface area contributed by atoms with E-state index in [1.807, 2.05) is 29.0 Å². The number of aromatic nitrogens is 1. The van der Waals surface area contributed by atoms with Crippen molar-refractivity contribution in [3.05, 3.63) is 34.4 Å². The van der Waals surface area contributed by atoms with Crippen molar-refractivity contribution in [2.75, 3.05) is 19.8 Å². The molecule has 6 heteroatoms. The van der Waals surface area contributed by atoms with Crippen LogP contribution in [0, 0.1) is 5.92 Å². The van der Waals surface area contributed by atoms with Gasteiger partial charge in [-0.2, -0.15) is 0 Å². The molecular formula is C20H25BrN2O3. The maximum atomic E-state index is 12.9. The van der Waals surface area contributed by atoms with Crippen LogP contribution in [0.5, 0.6) is 0 Å². The fourth-order valence-electron chi connectivity index (χ4n) is 4.08. The zero-order valence-corrected chi connectivity index (χ0v) is 16.4. The Balaban J connectivity index is 1.58. The first kappa shape index (κ1) is 18.0. The standard InChI is InChI=1S/C20H25BrN2O3/c21-16-7-4-8-17-18(16)15(10-23(17)11-20(25)12-26-13-20)19(24)22-9-14-5-2-1-3-6-14/h4,7-8,10,14,25H,1-3,5-6,9,11-13H2,(H,22,24). The maximum Gasteiger partial charge on any atom is 0.253 e. The van der Waals surface area contributed by atoms with Crippen LogP contribution in [-0.2, 0) is 11.3 Å². The van der Waals surface area contributed by atoms with Crippen molar-refractivity contribution >= 4 is 32.7 Å². The van der Waals surface area contributed by atoms with Gasteiger partial charge in [0, 0.05) is 22.6 Å². The van der Waals surface area contributed by atoms with Crippen molar-refractivity contribution in [2.24, 2.45) is 5.92 Å². The van der Waals surface area contributed by atoms with Gasteiger partial charge in [-0.05, 0) is 30.9 Å². The summed E-state index contributed by atoms with van der Waals surface area (Å²) in [5.74, 6) is 0.556. The highest BCUT2D eigenvalue weighted by Gasteiger charge is 2.37. The van der Waals surface area contributed by atoms with E-state index in [1.165, 1.54) is 32.1 Å². The molecule has 0 unspecified atom stereocenters. The number of nitrogens with zero attached hydrogens (tertiary/aromatic N) is 1. The normalized spacial score (nSPS) is 20.1. The molecule has 4 rings (SSSR count). The molecule has 1 aliphatic heterocycles. The van der Waals surface area contributed by atoms with Gasteiger partial charge in [0.05, 0.1) is 30.8 Å². The molecule has 0 bridgehead atoms. The number of aliphatic hydroxyl groups is 1. The number of carbonyl (C=O) groups excluding carboxylic acids is 1. The predicted molar refractivity (Wildman–Crippen MR) is 104 cm³/mol. The van der Waals surface area contributed by atoms with Gasteiger partial charge in [-0.25, -0.2) is 0 Å². The van der Waals surface area contributed by atoms with Gasteiger partial charge in [0.15, 0.2) is 0 Å². The van der Waals surface area contributed by atoms with Crippen LogP contribution in [0.25, 0.3) is 10.9 Å². The van der Waals surface area contributed by atoms with Crippen LogP contribution in [0.2, 0.25) is 0 Å². The summed E-state index contributed by atoms with van der Waals surface area (Å²) in [5, 5.41) is 14.5. The lowest BCUT2D eigenvalue weighted by Gasteiger charge is -2.36. The van der Waals surface area contributed by atoms with Gasteiger partial charge < -0.3 is 19.7 Å². The van der Waals surface area contributed by atoms with Crippen LogP contribution in [0.1, 0.15) is 42.5 Å². The molecule has 0 spiro atoms. The summed E-state index contributed by atoms with van der Waals surface area (Å²) in [4.78, 5) is 12.9. The van der Waals surface area contributed by atoms with Gasteiger partial charge in [-0.15, -0.1) is 0 Å². The van der Waals surface area contributed by atoms with Crippen LogP contribution in [0.4, 0.5) is 0 Å². The van der Waals surface area contributed by atoms with Crippen LogP contribution in [0.3, 0.4) is 0 Å². The first-order valence-corrected chi connectivity index (χ1v) is 10.2. The van der Waals surface area contributed by atoms with Crippen molar-refractivity contribution in [3.63, 3.8) is 0 Å². The number of benzene rings is 1. The Morgan fingerprint density at radius 1 is 1.31 bits per heavy atom. The molecule has 1 saturated carbocycles. The molecule has 0 radical (unpaired) electrons. The number of hydrogen-bond acceptors (Lipinski definition) is 3. The van der Waals surface area contributed by atoms with Crippen LogP contribution >= 0.6 is 15.9 Å². The summed E-state index contributed by atoms with van der Waals surface area (Å²) >= 11 is 3.59. The third kappa shape index (κ3) is 3.55. The number of ether oxygens (including phenoxy) is 1. The van der Waals surface area contributed by atoms with Gasteiger partial charge in [-0.3, -0.25) is 4.79 Å². The molecule has 2 heterocycles. The van der Waals surface area contributed by atoms with Crippen molar-refractivity contribution in [1.29, 1.82) is 0 Å². The van der Waals surface area contributed by atoms with E-state index in [0.717, 1.165) is 21.9 Å². The number of amides is 1. The summed E-state index contributed by atoms with van der Waals surface area (Å²) in [6.07, 6.45) is 8.13. The lowest BCUT2D eigenvalue weighted by Crippen LogP contribution is -2.52. The minimum Gasteiger partial charge on any atom is -0.383 e. The minimum absolute atomic E-state index is 0.0388. The summed E-state index contributed by atoms with van der Waals surface area (Å²) in [6.45, 7) is 1.84. The highest BCUT2D eigenvalue weighted by molar-refractivity contribution is 9.10. The second-order valence-corrected chi connectivity index (χ2v) is 8.59. The molecule has 0 atom stereocenters. The first-order valence-electron chi connectivity index (χ1n) is 9.41. The number of hydrogen-bond donors (Lipinski definition) is 2. The molecule has 2 fully saturated rings. The van der Waals surface area contributed by atoms with Crippen LogP contribution in [-0.4, -0.2) is 40.9 Å². The largest absolute Gasteiger partial charge is 0.383 e. The molecule has 1 saturated heterocycles. The highest BCUT2D eigenvalue weighted by Crippen LogP contribution is 2.31. The van der Waals surface area contributed by atoms with E-state index in [2.05, 4.69) is 21.2 Å². The van der Waals surface area contributed by atoms with Crippen molar-refractivity contribution in [3.8, 4) is 0 Å². The third-order valence-electron chi connectivity index (χ3n) is 5.58. The lowest BCUT2D eigenvalue weighted by atomic mass is 9.89. The molecule has 2 N–H and O–H groups in total. The average molecular weight is 421 g/mol. The number of carbonyl (C=O) groups is 1. The van der Waals surface area contributed by atoms with Gasteiger partial charge in [0.1, 0.15) is 5.60 Å². The number of nitrogens with one attached hydrogen (secondary N) is 1. The molecule has 1 aliphatic carbocycles. The summed E-state index contributed by atoms with van der Waals surface area (Å²) in [6, 6.07) is 5.89. The molecule has 140 valence electrons. The highest BCUT2D eigenvalue weighted by atomic mass is 79.9. The van der Waals surface area contributed by atoms with Gasteiger partial charge in [0.2, 0.25) is 0 Å². The Bertz CT molecular complexity index is 807. The quantitative estimate of drug-likeness (QED) is 0.777. The summed E-state index contributed by atoms with van der Waals surface area (Å²) in [7, 11) is 0. The molecule has 1 aromatic carbocycles. The molecule has 26 heavy (non-hydrogen) atoms. The number of fused-ring (bicyclic) bond motifs is 1. The zero-order chi connectivity index (χ0) is 18.1. The van der Waals surface area contributed by atoms with E-state index in [1.54, 1.807) is 0 Å². The molecule has 2 aromatic rings. The fraction of sp³-hybridized carbons (Fsp3) is 0.550. The molecule has 1 amide bonds. The Morgan fingerprint density at radius 3 is 2.77 bits per heavy atom. The topological polar surface area (TPSA) is 63.5 Å². The SMILES string of the molecule is O=C(NCC1CCCCC1)c1cn(CC2(O)COC2)c2cccc(Br)c12. The average Bonchev–Trinajstić information content (AvgIpc) is 2.99. The van der Waals surface area contributed by atoms with E-state index in [9.17, 15) is 9.90 Å². The van der Waals surface area contributed by atoms with Crippen molar-refractivity contribution in [2.45, 2.75) is 44.2 Å². The second-order valence-electron chi connectivity index (χ2n) is 7.74. The Hall–Kier alpha value is -1.37. The molecule has 2 aliphatic rings. The van der Waals surface area contributed by atoms with Gasteiger partial charge >= 0.3 is 0 Å². The number of rotatable bonds is 5. The maximum absolute atomic E-state index is 12.9. The first-order chi connectivity index (χ1) is 12.6. The van der Waals surface area contributed by atoms with E-state index in [0.29, 0.717) is 31.2 Å². The monoisotopic (exact) mass is 420 g/mol. The van der Waals surface area contributed by atoms with Gasteiger partial charge in [0.25, 0.3) is 5.91 Å². The van der Waals surface area contributed by atoms with E-state index < -0.39 is 5.60 Å². The molecule has 5 nitrogen and oxygen atoms in total. The predicted octanol–water partition coefficient (Wildman–Crippen LogP) is 3.48. The fourth-order valence-corrected chi connectivity index (χ4v) is 4.65. The summed E-state index contributed by atoms with van der Waals surface area (Å²) < 4.78 is 8.02. The Labute approximate surface area is 161 Å². The van der Waals surface area contributed by atoms with Crippen LogP contribution < -0.4 is 5.32 Å². The van der Waals surface area contributed by atoms with E-state index >= 15 is 0 Å². The van der Waals surface area contributed by atoms with E-state index in [-0.39, 0.29) is 5.91 Å². The smallest absolute Gasteiger partial charge is 0.253 e. The van der Waals surface area contributed by atoms with E-state index in [4.69, 9.17) is 4.74 Å². The lowest BCUT2D eigenvalue weighted by molar-refractivity contribution is -0.184. The van der Waals surface area contributed by atoms with Gasteiger partial charge in [-0.1, -0.05) is 41.3 Å². The van der Waals surface area contributed by atoms with Crippen molar-refractivity contribution < 1.29 is 14.6 Å². The molecular weight excluding hydrogens is 396 g/mol. The minimum atomic E-state index is -0.843. The molecule has 1 aromatic heterocycles.